The van der Waals surface area contributed by atoms with Crippen LogP contribution in [-0.4, -0.2) is 36.2 Å². The minimum atomic E-state index is -0.122. The minimum absolute atomic E-state index is 0.122. The van der Waals surface area contributed by atoms with E-state index in [4.69, 9.17) is 21.1 Å². The Balaban J connectivity index is 1.56. The van der Waals surface area contributed by atoms with Crippen LogP contribution in [0.1, 0.15) is 11.3 Å². The number of amides is 1. The van der Waals surface area contributed by atoms with Crippen LogP contribution >= 0.6 is 22.9 Å². The summed E-state index contributed by atoms with van der Waals surface area (Å²) in [6, 6.07) is 11.2. The zero-order valence-electron chi connectivity index (χ0n) is 15.4. The number of benzene rings is 1. The van der Waals surface area contributed by atoms with E-state index in [-0.39, 0.29) is 12.3 Å². The number of hydrogen-bond donors (Lipinski definition) is 1. The lowest BCUT2D eigenvalue weighted by atomic mass is 10.2. The molecule has 2 heterocycles. The summed E-state index contributed by atoms with van der Waals surface area (Å²) in [6.45, 7) is 1.20. The summed E-state index contributed by atoms with van der Waals surface area (Å²) < 4.78 is 10.6. The van der Waals surface area contributed by atoms with Gasteiger partial charge in [0.15, 0.2) is 0 Å². The highest BCUT2D eigenvalue weighted by molar-refractivity contribution is 7.13. The molecule has 1 N–H and O–H groups in total. The molecule has 0 aliphatic heterocycles. The van der Waals surface area contributed by atoms with Crippen molar-refractivity contribution < 1.29 is 14.3 Å². The molecular formula is C20H20ClN3O3S. The molecule has 0 atom stereocenters. The molecule has 0 radical (unpaired) electrons. The highest BCUT2D eigenvalue weighted by Crippen LogP contribution is 2.30. The van der Waals surface area contributed by atoms with Gasteiger partial charge in [0.05, 0.1) is 23.7 Å². The normalized spacial score (nSPS) is 10.6. The van der Waals surface area contributed by atoms with Gasteiger partial charge in [0, 0.05) is 36.4 Å². The fourth-order valence-electron chi connectivity index (χ4n) is 2.48. The van der Waals surface area contributed by atoms with Gasteiger partial charge in [0.25, 0.3) is 0 Å². The van der Waals surface area contributed by atoms with Crippen molar-refractivity contribution in [2.24, 2.45) is 0 Å². The van der Waals surface area contributed by atoms with Gasteiger partial charge < -0.3 is 14.8 Å². The Bertz CT molecular complexity index is 932. The molecule has 6 nitrogen and oxygen atoms in total. The summed E-state index contributed by atoms with van der Waals surface area (Å²) >= 11 is 7.68. The number of carbonyl (C=O) groups excluding carboxylic acids is 1. The lowest BCUT2D eigenvalue weighted by molar-refractivity contribution is -0.120. The van der Waals surface area contributed by atoms with Gasteiger partial charge in [-0.15, -0.1) is 11.3 Å². The molecule has 0 aliphatic carbocycles. The lowest BCUT2D eigenvalue weighted by Crippen LogP contribution is -2.25. The zero-order valence-corrected chi connectivity index (χ0v) is 16.9. The van der Waals surface area contributed by atoms with E-state index in [1.165, 1.54) is 11.3 Å². The summed E-state index contributed by atoms with van der Waals surface area (Å²) in [6.07, 6.45) is 1.85. The predicted octanol–water partition coefficient (Wildman–Crippen LogP) is 3.74. The van der Waals surface area contributed by atoms with Gasteiger partial charge in [-0.3, -0.25) is 4.79 Å². The second-order valence-corrected chi connectivity index (χ2v) is 7.15. The number of pyridine rings is 1. The maximum atomic E-state index is 12.3. The van der Waals surface area contributed by atoms with Crippen LogP contribution in [-0.2, 0) is 22.5 Å². The Kier molecular flexibility index (Phi) is 7.36. The van der Waals surface area contributed by atoms with Gasteiger partial charge in [0.1, 0.15) is 11.6 Å². The maximum Gasteiger partial charge on any atom is 0.226 e. The van der Waals surface area contributed by atoms with Crippen molar-refractivity contribution in [1.29, 1.82) is 0 Å². The van der Waals surface area contributed by atoms with Gasteiger partial charge >= 0.3 is 0 Å². The number of carbonyl (C=O) groups is 1. The fraction of sp³-hybridized carbons (Fsp3) is 0.250. The fourth-order valence-corrected chi connectivity index (χ4v) is 3.62. The van der Waals surface area contributed by atoms with Crippen LogP contribution < -0.4 is 10.1 Å². The summed E-state index contributed by atoms with van der Waals surface area (Å²) in [4.78, 5) is 21.0. The van der Waals surface area contributed by atoms with E-state index in [1.807, 2.05) is 35.7 Å². The van der Waals surface area contributed by atoms with Crippen molar-refractivity contribution in [2.75, 3.05) is 20.3 Å². The van der Waals surface area contributed by atoms with E-state index < -0.39 is 0 Å². The van der Waals surface area contributed by atoms with Crippen molar-refractivity contribution in [3.05, 3.63) is 64.3 Å². The van der Waals surface area contributed by atoms with Gasteiger partial charge in [-0.25, -0.2) is 9.97 Å². The molecule has 146 valence electrons. The number of aromatic nitrogens is 2. The van der Waals surface area contributed by atoms with Gasteiger partial charge in [-0.05, 0) is 12.1 Å². The highest BCUT2D eigenvalue weighted by atomic mass is 35.5. The Labute approximate surface area is 172 Å². The van der Waals surface area contributed by atoms with Crippen molar-refractivity contribution in [3.63, 3.8) is 0 Å². The van der Waals surface area contributed by atoms with E-state index in [0.717, 1.165) is 16.1 Å². The standard InChI is InChI=1S/C20H20ClN3O3S/c1-26-9-10-27-19-14(5-4-8-22-19)12-23-18(25)11-15-13-28-20(24-15)16-6-2-3-7-17(16)21/h2-8,13H,9-12H2,1H3,(H,23,25). The smallest absolute Gasteiger partial charge is 0.226 e. The first-order valence-electron chi connectivity index (χ1n) is 8.69. The first-order valence-corrected chi connectivity index (χ1v) is 9.94. The molecule has 3 aromatic rings. The van der Waals surface area contributed by atoms with E-state index >= 15 is 0 Å². The lowest BCUT2D eigenvalue weighted by Gasteiger charge is -2.10. The monoisotopic (exact) mass is 417 g/mol. The third-order valence-electron chi connectivity index (χ3n) is 3.85. The van der Waals surface area contributed by atoms with Crippen LogP contribution in [0, 0.1) is 0 Å². The largest absolute Gasteiger partial charge is 0.475 e. The number of methoxy groups -OCH3 is 1. The van der Waals surface area contributed by atoms with Crippen LogP contribution in [0.3, 0.4) is 0 Å². The Morgan fingerprint density at radius 1 is 1.21 bits per heavy atom. The summed E-state index contributed by atoms with van der Waals surface area (Å²) in [5, 5.41) is 6.21. The molecule has 2 aromatic heterocycles. The Morgan fingerprint density at radius 2 is 2.07 bits per heavy atom. The van der Waals surface area contributed by atoms with Crippen molar-refractivity contribution in [3.8, 4) is 16.5 Å². The van der Waals surface area contributed by atoms with Crippen LogP contribution in [0.5, 0.6) is 5.88 Å². The molecule has 8 heteroatoms. The number of halogens is 1. The molecule has 0 fully saturated rings. The third kappa shape index (κ3) is 5.51. The number of nitrogens with zero attached hydrogens (tertiary/aromatic N) is 2. The molecule has 1 aromatic carbocycles. The summed E-state index contributed by atoms with van der Waals surface area (Å²) in [5.74, 6) is 0.372. The van der Waals surface area contributed by atoms with Crippen LogP contribution in [0.25, 0.3) is 10.6 Å². The molecule has 3 rings (SSSR count). The Hall–Kier alpha value is -2.48. The minimum Gasteiger partial charge on any atom is -0.475 e. The molecule has 0 spiro atoms. The molecule has 0 saturated heterocycles. The third-order valence-corrected chi connectivity index (χ3v) is 5.10. The highest BCUT2D eigenvalue weighted by Gasteiger charge is 2.12. The molecule has 0 bridgehead atoms. The molecule has 1 amide bonds. The number of thiazole rings is 1. The van der Waals surface area contributed by atoms with E-state index in [0.29, 0.717) is 36.4 Å². The molecule has 0 aliphatic rings. The quantitative estimate of drug-likeness (QED) is 0.537. The second-order valence-electron chi connectivity index (χ2n) is 5.89. The number of rotatable bonds is 9. The second kappa shape index (κ2) is 10.2. The van der Waals surface area contributed by atoms with E-state index in [1.54, 1.807) is 19.4 Å². The van der Waals surface area contributed by atoms with E-state index in [2.05, 4.69) is 15.3 Å². The topological polar surface area (TPSA) is 73.3 Å². The number of hydrogen-bond acceptors (Lipinski definition) is 6. The predicted molar refractivity (Wildman–Crippen MR) is 110 cm³/mol. The SMILES string of the molecule is COCCOc1ncccc1CNC(=O)Cc1csc(-c2ccccc2Cl)n1. The molecule has 0 saturated carbocycles. The number of ether oxygens (including phenoxy) is 2. The molecule has 28 heavy (non-hydrogen) atoms. The van der Waals surface area contributed by atoms with Gasteiger partial charge in [-0.1, -0.05) is 35.9 Å². The van der Waals surface area contributed by atoms with Crippen LogP contribution in [0.4, 0.5) is 0 Å². The van der Waals surface area contributed by atoms with Gasteiger partial charge in [0.2, 0.25) is 11.8 Å². The summed E-state index contributed by atoms with van der Waals surface area (Å²) in [7, 11) is 1.61. The van der Waals surface area contributed by atoms with Crippen molar-refractivity contribution in [2.45, 2.75) is 13.0 Å². The van der Waals surface area contributed by atoms with Crippen LogP contribution in [0.2, 0.25) is 5.02 Å². The average molecular weight is 418 g/mol. The number of nitrogens with one attached hydrogen (secondary N) is 1. The Morgan fingerprint density at radius 3 is 2.89 bits per heavy atom. The van der Waals surface area contributed by atoms with Gasteiger partial charge in [-0.2, -0.15) is 0 Å². The van der Waals surface area contributed by atoms with E-state index in [9.17, 15) is 4.79 Å². The average Bonchev–Trinajstić information content (AvgIpc) is 3.16. The zero-order chi connectivity index (χ0) is 19.8. The molecular weight excluding hydrogens is 398 g/mol. The van der Waals surface area contributed by atoms with Crippen molar-refractivity contribution in [1.82, 2.24) is 15.3 Å². The van der Waals surface area contributed by atoms with Crippen molar-refractivity contribution >= 4 is 28.8 Å². The first-order chi connectivity index (χ1) is 13.7. The first kappa shape index (κ1) is 20.3. The molecule has 0 unspecified atom stereocenters. The summed E-state index contributed by atoms with van der Waals surface area (Å²) in [5.41, 5.74) is 2.39. The van der Waals surface area contributed by atoms with Crippen LogP contribution in [0.15, 0.2) is 48.0 Å². The maximum absolute atomic E-state index is 12.3.